The molecule has 5 aliphatic heterocycles. The number of ether oxygens (including phenoxy) is 2. The van der Waals surface area contributed by atoms with E-state index in [4.69, 9.17) is 9.47 Å². The number of cyclic esters (lactones) is 1. The number of morpholine rings is 1. The van der Waals surface area contributed by atoms with Gasteiger partial charge in [0, 0.05) is 50.6 Å². The van der Waals surface area contributed by atoms with Gasteiger partial charge in [0.1, 0.15) is 6.04 Å². The molecule has 5 atom stereocenters. The first-order chi connectivity index (χ1) is 17.9. The number of esters is 1. The van der Waals surface area contributed by atoms with Gasteiger partial charge < -0.3 is 24.4 Å². The van der Waals surface area contributed by atoms with E-state index < -0.39 is 27.4 Å². The van der Waals surface area contributed by atoms with Gasteiger partial charge in [-0.3, -0.25) is 19.3 Å². The number of amides is 2. The van der Waals surface area contributed by atoms with Crippen LogP contribution in [0.5, 0.6) is 0 Å². The van der Waals surface area contributed by atoms with Crippen LogP contribution in [0, 0.1) is 11.8 Å². The van der Waals surface area contributed by atoms with Crippen LogP contribution in [0.1, 0.15) is 32.6 Å². The third-order valence-corrected chi connectivity index (χ3v) is 10.2. The number of aliphatic hydroxyl groups excluding tert-OH is 1. The predicted molar refractivity (Wildman–Crippen MR) is 140 cm³/mol. The molecule has 5 rings (SSSR count). The van der Waals surface area contributed by atoms with E-state index in [0.717, 1.165) is 32.5 Å². The van der Waals surface area contributed by atoms with Crippen LogP contribution < -0.4 is 0 Å². The Morgan fingerprint density at radius 2 is 1.81 bits per heavy atom. The topological polar surface area (TPSA) is 99.6 Å². The van der Waals surface area contributed by atoms with Crippen molar-refractivity contribution in [2.24, 2.45) is 11.8 Å². The number of allylic oxidation sites excluding steroid dienone is 1. The fourth-order valence-corrected chi connectivity index (χ4v) is 8.76. The average molecular weight is 534 g/mol. The molecule has 2 amide bonds. The van der Waals surface area contributed by atoms with E-state index in [2.05, 4.69) is 23.1 Å². The van der Waals surface area contributed by atoms with Gasteiger partial charge in [-0.25, -0.2) is 0 Å². The van der Waals surface area contributed by atoms with Crippen molar-refractivity contribution in [1.82, 2.24) is 14.7 Å². The van der Waals surface area contributed by atoms with Crippen molar-refractivity contribution >= 4 is 29.5 Å². The molecule has 0 aromatic carbocycles. The van der Waals surface area contributed by atoms with Crippen LogP contribution in [0.15, 0.2) is 24.3 Å². The number of unbranched alkanes of at least 4 members (excludes halogenated alkanes) is 1. The summed E-state index contributed by atoms with van der Waals surface area (Å²) in [6.45, 7) is 7.69. The van der Waals surface area contributed by atoms with Crippen LogP contribution in [0.4, 0.5) is 0 Å². The lowest BCUT2D eigenvalue weighted by Crippen LogP contribution is -2.54. The molecule has 5 aliphatic rings. The molecule has 10 heteroatoms. The Hall–Kier alpha value is -1.88. The van der Waals surface area contributed by atoms with Crippen molar-refractivity contribution in [1.29, 1.82) is 0 Å². The summed E-state index contributed by atoms with van der Waals surface area (Å²) in [5.41, 5.74) is 0. The van der Waals surface area contributed by atoms with E-state index in [1.165, 1.54) is 0 Å². The number of thioether (sulfide) groups is 1. The fraction of sp³-hybridized carbons (Fsp3) is 0.741. The van der Waals surface area contributed by atoms with E-state index in [-0.39, 0.29) is 24.4 Å². The summed E-state index contributed by atoms with van der Waals surface area (Å²) in [6.07, 6.45) is 11.0. The van der Waals surface area contributed by atoms with Gasteiger partial charge in [0.2, 0.25) is 11.8 Å². The summed E-state index contributed by atoms with van der Waals surface area (Å²) < 4.78 is 9.63. The average Bonchev–Trinajstić information content (AvgIpc) is 3.23. The number of rotatable bonds is 7. The van der Waals surface area contributed by atoms with Crippen LogP contribution in [0.2, 0.25) is 0 Å². The Bertz CT molecular complexity index is 952. The molecule has 204 valence electrons. The Morgan fingerprint density at radius 1 is 1.00 bits per heavy atom. The highest BCUT2D eigenvalue weighted by Gasteiger charge is 2.73. The zero-order valence-electron chi connectivity index (χ0n) is 21.7. The molecule has 37 heavy (non-hydrogen) atoms. The molecule has 0 aromatic rings. The minimum Gasteiger partial charge on any atom is -0.465 e. The van der Waals surface area contributed by atoms with Crippen LogP contribution in [-0.4, -0.2) is 119 Å². The van der Waals surface area contributed by atoms with Gasteiger partial charge in [-0.1, -0.05) is 24.3 Å². The SMILES string of the molecule is C[C@]12/C=C\CCCOC(=O)[C@H]1[C@H]1C(=O)N(CCCCO)C3C(=O)N(CCN4CCOCC4)CC=C[C@@]31S2. The summed E-state index contributed by atoms with van der Waals surface area (Å²) in [7, 11) is 0. The van der Waals surface area contributed by atoms with Crippen molar-refractivity contribution in [2.75, 3.05) is 65.7 Å². The molecule has 0 aromatic heterocycles. The third kappa shape index (κ3) is 4.86. The molecular formula is C27H39N3O6S. The van der Waals surface area contributed by atoms with Crippen LogP contribution in [-0.2, 0) is 23.9 Å². The summed E-state index contributed by atoms with van der Waals surface area (Å²) in [5.74, 6) is -1.89. The number of carbonyl (C=O) groups excluding carboxylic acids is 3. The quantitative estimate of drug-likeness (QED) is 0.295. The number of nitrogens with zero attached hydrogens (tertiary/aromatic N) is 3. The number of aliphatic hydroxyl groups is 1. The molecule has 9 nitrogen and oxygen atoms in total. The summed E-state index contributed by atoms with van der Waals surface area (Å²) >= 11 is 1.59. The minimum absolute atomic E-state index is 0.0351. The van der Waals surface area contributed by atoms with Crippen LogP contribution in [0.25, 0.3) is 0 Å². The van der Waals surface area contributed by atoms with Crippen molar-refractivity contribution in [3.05, 3.63) is 24.3 Å². The van der Waals surface area contributed by atoms with E-state index in [0.29, 0.717) is 52.3 Å². The first kappa shape index (κ1) is 26.7. The van der Waals surface area contributed by atoms with Gasteiger partial charge in [0.25, 0.3) is 0 Å². The largest absolute Gasteiger partial charge is 0.465 e. The second-order valence-electron chi connectivity index (χ2n) is 10.8. The smallest absolute Gasteiger partial charge is 0.311 e. The highest BCUT2D eigenvalue weighted by Crippen LogP contribution is 2.65. The molecule has 5 heterocycles. The minimum atomic E-state index is -0.844. The van der Waals surface area contributed by atoms with Gasteiger partial charge in [-0.2, -0.15) is 0 Å². The second kappa shape index (κ2) is 11.1. The molecule has 1 N–H and O–H groups in total. The Kier molecular flexibility index (Phi) is 8.00. The standard InChI is InChI=1S/C27H39N3O6S/c1-26-8-3-2-6-17-36-25(34)21(26)20-23(32)30(11-4-5-16-31)22-24(33)29(10-7-9-27(20,22)37-26)13-12-28-14-18-35-19-15-28/h3,7-9,20-22,31H,2,4-6,10-19H2,1H3/b8-3-/t20-,21+,22?,26-,27-/m0/s1. The van der Waals surface area contributed by atoms with Crippen LogP contribution in [0.3, 0.4) is 0 Å². The predicted octanol–water partition coefficient (Wildman–Crippen LogP) is 1.07. The molecule has 1 spiro atoms. The summed E-state index contributed by atoms with van der Waals surface area (Å²) in [6, 6.07) is -0.689. The normalized spacial score (nSPS) is 37.2. The second-order valence-corrected chi connectivity index (χ2v) is 12.6. The van der Waals surface area contributed by atoms with E-state index >= 15 is 0 Å². The van der Waals surface area contributed by atoms with Crippen LogP contribution >= 0.6 is 11.8 Å². The van der Waals surface area contributed by atoms with Crippen molar-refractivity contribution in [3.8, 4) is 0 Å². The Morgan fingerprint density at radius 3 is 2.59 bits per heavy atom. The first-order valence-corrected chi connectivity index (χ1v) is 14.5. The fourth-order valence-electron chi connectivity index (χ4n) is 6.60. The maximum absolute atomic E-state index is 14.3. The lowest BCUT2D eigenvalue weighted by Gasteiger charge is -2.37. The molecule has 0 aliphatic carbocycles. The molecule has 1 unspecified atom stereocenters. The van der Waals surface area contributed by atoms with E-state index in [1.807, 2.05) is 17.9 Å². The van der Waals surface area contributed by atoms with Gasteiger partial charge in [-0.15, -0.1) is 11.8 Å². The summed E-state index contributed by atoms with van der Waals surface area (Å²) in [4.78, 5) is 47.7. The number of likely N-dealkylation sites (tertiary alicyclic amines) is 1. The lowest BCUT2D eigenvalue weighted by atomic mass is 9.74. The van der Waals surface area contributed by atoms with Crippen molar-refractivity contribution in [2.45, 2.75) is 48.1 Å². The molecule has 3 fully saturated rings. The van der Waals surface area contributed by atoms with Gasteiger partial charge in [0.15, 0.2) is 0 Å². The van der Waals surface area contributed by atoms with Crippen molar-refractivity contribution < 1.29 is 29.0 Å². The third-order valence-electron chi connectivity index (χ3n) is 8.43. The molecule has 0 radical (unpaired) electrons. The Labute approximate surface area is 223 Å². The highest BCUT2D eigenvalue weighted by molar-refractivity contribution is 8.02. The van der Waals surface area contributed by atoms with Gasteiger partial charge in [0.05, 0.1) is 36.4 Å². The molecular weight excluding hydrogens is 494 g/mol. The first-order valence-electron chi connectivity index (χ1n) is 13.6. The molecule has 0 saturated carbocycles. The molecule has 0 bridgehead atoms. The van der Waals surface area contributed by atoms with Crippen molar-refractivity contribution in [3.63, 3.8) is 0 Å². The number of hydrogen-bond acceptors (Lipinski definition) is 8. The highest BCUT2D eigenvalue weighted by atomic mass is 32.2. The zero-order valence-corrected chi connectivity index (χ0v) is 22.5. The summed E-state index contributed by atoms with van der Waals surface area (Å²) in [5, 5.41) is 9.36. The maximum atomic E-state index is 14.3. The number of hydrogen-bond donors (Lipinski definition) is 1. The Balaban J connectivity index is 1.49. The molecule has 3 saturated heterocycles. The number of fused-ring (bicyclic) bond motifs is 2. The monoisotopic (exact) mass is 533 g/mol. The number of carbonyl (C=O) groups is 3. The van der Waals surface area contributed by atoms with E-state index in [1.54, 1.807) is 16.7 Å². The zero-order chi connectivity index (χ0) is 26.0. The lowest BCUT2D eigenvalue weighted by molar-refractivity contribution is -0.154. The maximum Gasteiger partial charge on any atom is 0.311 e. The van der Waals surface area contributed by atoms with Gasteiger partial charge >= 0.3 is 5.97 Å². The van der Waals surface area contributed by atoms with E-state index in [9.17, 15) is 19.5 Å². The van der Waals surface area contributed by atoms with Gasteiger partial charge in [-0.05, 0) is 32.6 Å².